The Balaban J connectivity index is 1.94. The van der Waals surface area contributed by atoms with Gasteiger partial charge in [0.2, 0.25) is 10.0 Å². The highest BCUT2D eigenvalue weighted by Gasteiger charge is 2.34. The van der Waals surface area contributed by atoms with Crippen LogP contribution in [-0.4, -0.2) is 49.8 Å². The first-order valence-corrected chi connectivity index (χ1v) is 12.3. The van der Waals surface area contributed by atoms with Gasteiger partial charge >= 0.3 is 0 Å². The van der Waals surface area contributed by atoms with Crippen LogP contribution in [0, 0.1) is 0 Å². The summed E-state index contributed by atoms with van der Waals surface area (Å²) in [5, 5.41) is 0.606. The Morgan fingerprint density at radius 1 is 1.23 bits per heavy atom. The van der Waals surface area contributed by atoms with Crippen molar-refractivity contribution in [2.75, 3.05) is 20.2 Å². The average molecular weight is 465 g/mol. The van der Waals surface area contributed by atoms with Crippen LogP contribution in [0.4, 0.5) is 0 Å². The Bertz CT molecular complexity index is 1040. The molecule has 0 saturated carbocycles. The molecule has 31 heavy (non-hydrogen) atoms. The van der Waals surface area contributed by atoms with Gasteiger partial charge in [0.25, 0.3) is 5.91 Å². The molecule has 0 spiro atoms. The fourth-order valence-corrected chi connectivity index (χ4v) is 6.03. The van der Waals surface area contributed by atoms with Gasteiger partial charge in [0.1, 0.15) is 10.6 Å². The molecule has 1 atom stereocenters. The Kier molecular flexibility index (Phi) is 7.62. The summed E-state index contributed by atoms with van der Waals surface area (Å²) < 4.78 is 33.7. The average Bonchev–Trinajstić information content (AvgIpc) is 2.76. The summed E-state index contributed by atoms with van der Waals surface area (Å²) in [6.45, 7) is 5.14. The minimum absolute atomic E-state index is 0.0356. The van der Waals surface area contributed by atoms with Crippen molar-refractivity contribution in [3.8, 4) is 5.75 Å². The molecule has 1 amide bonds. The Hall–Kier alpha value is -2.09. The molecule has 3 rings (SSSR count). The topological polar surface area (TPSA) is 66.9 Å². The van der Waals surface area contributed by atoms with Crippen LogP contribution in [0.5, 0.6) is 5.75 Å². The number of methoxy groups -OCH3 is 1. The quantitative estimate of drug-likeness (QED) is 0.601. The maximum Gasteiger partial charge on any atom is 0.254 e. The number of carbonyl (C=O) groups excluding carboxylic acids is 1. The zero-order chi connectivity index (χ0) is 22.6. The molecule has 1 aliphatic rings. The molecule has 1 unspecified atom stereocenters. The van der Waals surface area contributed by atoms with Crippen LogP contribution < -0.4 is 4.74 Å². The Morgan fingerprint density at radius 2 is 2.00 bits per heavy atom. The zero-order valence-corrected chi connectivity index (χ0v) is 19.7. The van der Waals surface area contributed by atoms with Crippen LogP contribution in [0.25, 0.3) is 0 Å². The van der Waals surface area contributed by atoms with Crippen molar-refractivity contribution >= 4 is 27.5 Å². The van der Waals surface area contributed by atoms with E-state index in [2.05, 4.69) is 0 Å². The molecular formula is C23H29ClN2O4S. The minimum atomic E-state index is -3.79. The molecule has 2 aromatic rings. The molecule has 0 radical (unpaired) electrons. The van der Waals surface area contributed by atoms with Crippen molar-refractivity contribution in [3.63, 3.8) is 0 Å². The predicted molar refractivity (Wildman–Crippen MR) is 122 cm³/mol. The fourth-order valence-electron chi connectivity index (χ4n) is 3.93. The maximum absolute atomic E-state index is 13.4. The van der Waals surface area contributed by atoms with Crippen LogP contribution >= 0.6 is 11.6 Å². The van der Waals surface area contributed by atoms with Gasteiger partial charge in [-0.3, -0.25) is 4.79 Å². The molecule has 0 N–H and O–H groups in total. The largest absolute Gasteiger partial charge is 0.495 e. The number of halogens is 1. The smallest absolute Gasteiger partial charge is 0.254 e. The first-order valence-electron chi connectivity index (χ1n) is 10.5. The molecule has 2 aromatic carbocycles. The van der Waals surface area contributed by atoms with E-state index in [1.807, 2.05) is 32.0 Å². The molecule has 8 heteroatoms. The van der Waals surface area contributed by atoms with Gasteiger partial charge in [-0.05, 0) is 62.6 Å². The molecule has 1 fully saturated rings. The van der Waals surface area contributed by atoms with Gasteiger partial charge in [-0.2, -0.15) is 4.31 Å². The first-order chi connectivity index (χ1) is 14.8. The van der Waals surface area contributed by atoms with E-state index in [4.69, 9.17) is 16.3 Å². The Morgan fingerprint density at radius 3 is 2.65 bits per heavy atom. The number of amides is 1. The van der Waals surface area contributed by atoms with Gasteiger partial charge in [0, 0.05) is 36.3 Å². The van der Waals surface area contributed by atoms with E-state index in [9.17, 15) is 13.2 Å². The fraction of sp³-hybridized carbons (Fsp3) is 0.435. The standard InChI is InChI=1S/C23H29ClN2O4S/c1-4-25(16-18-9-7-10-20(24)14-18)23(27)19-11-12-21(30-3)22(15-19)31(28,29)26-13-6-5-8-17(26)2/h7,9-12,14-15,17H,4-6,8,13,16H2,1-3H3. The van der Waals surface area contributed by atoms with Gasteiger partial charge in [-0.1, -0.05) is 30.2 Å². The predicted octanol–water partition coefficient (Wildman–Crippen LogP) is 4.57. The van der Waals surface area contributed by atoms with E-state index in [0.29, 0.717) is 30.2 Å². The highest BCUT2D eigenvalue weighted by molar-refractivity contribution is 7.89. The number of rotatable bonds is 7. The van der Waals surface area contributed by atoms with Crippen molar-refractivity contribution in [2.24, 2.45) is 0 Å². The van der Waals surface area contributed by atoms with Crippen LogP contribution in [-0.2, 0) is 16.6 Å². The van der Waals surface area contributed by atoms with E-state index in [-0.39, 0.29) is 22.6 Å². The lowest BCUT2D eigenvalue weighted by atomic mass is 10.1. The minimum Gasteiger partial charge on any atom is -0.495 e. The summed E-state index contributed by atoms with van der Waals surface area (Å²) in [5.74, 6) is 0.000448. The summed E-state index contributed by atoms with van der Waals surface area (Å²) in [4.78, 5) is 14.9. The van der Waals surface area contributed by atoms with E-state index < -0.39 is 10.0 Å². The van der Waals surface area contributed by atoms with Crippen molar-refractivity contribution < 1.29 is 17.9 Å². The van der Waals surface area contributed by atoms with E-state index in [1.165, 1.54) is 17.5 Å². The second kappa shape index (κ2) is 10.0. The van der Waals surface area contributed by atoms with Crippen LogP contribution in [0.15, 0.2) is 47.4 Å². The van der Waals surface area contributed by atoms with Gasteiger partial charge in [-0.15, -0.1) is 0 Å². The first kappa shape index (κ1) is 23.6. The molecule has 0 aromatic heterocycles. The second-order valence-electron chi connectivity index (χ2n) is 7.78. The van der Waals surface area contributed by atoms with Crippen molar-refractivity contribution in [1.29, 1.82) is 0 Å². The highest BCUT2D eigenvalue weighted by atomic mass is 35.5. The molecule has 1 saturated heterocycles. The van der Waals surface area contributed by atoms with Gasteiger partial charge < -0.3 is 9.64 Å². The molecule has 0 bridgehead atoms. The van der Waals surface area contributed by atoms with Gasteiger partial charge in [-0.25, -0.2) is 8.42 Å². The summed E-state index contributed by atoms with van der Waals surface area (Å²) >= 11 is 6.07. The van der Waals surface area contributed by atoms with Gasteiger partial charge in [0.05, 0.1) is 7.11 Å². The number of ether oxygens (including phenoxy) is 1. The SMILES string of the molecule is CCN(Cc1cccc(Cl)c1)C(=O)c1ccc(OC)c(S(=O)(=O)N2CCCCC2C)c1. The van der Waals surface area contributed by atoms with Crippen LogP contribution in [0.3, 0.4) is 0 Å². The van der Waals surface area contributed by atoms with Crippen LogP contribution in [0.1, 0.15) is 49.0 Å². The number of benzene rings is 2. The van der Waals surface area contributed by atoms with Crippen molar-refractivity contribution in [2.45, 2.75) is 50.6 Å². The molecular weight excluding hydrogens is 436 g/mol. The number of nitrogens with zero attached hydrogens (tertiary/aromatic N) is 2. The maximum atomic E-state index is 13.4. The van der Waals surface area contributed by atoms with Crippen LogP contribution in [0.2, 0.25) is 5.02 Å². The lowest BCUT2D eigenvalue weighted by Crippen LogP contribution is -2.42. The lowest BCUT2D eigenvalue weighted by molar-refractivity contribution is 0.0752. The summed E-state index contributed by atoms with van der Waals surface area (Å²) in [5.41, 5.74) is 1.22. The number of hydrogen-bond acceptors (Lipinski definition) is 4. The van der Waals surface area contributed by atoms with Crippen molar-refractivity contribution in [3.05, 3.63) is 58.6 Å². The molecule has 6 nitrogen and oxygen atoms in total. The van der Waals surface area contributed by atoms with E-state index >= 15 is 0 Å². The lowest BCUT2D eigenvalue weighted by Gasteiger charge is -2.32. The molecule has 0 aliphatic carbocycles. The molecule has 1 aliphatic heterocycles. The normalized spacial score (nSPS) is 17.4. The Labute approximate surface area is 189 Å². The molecule has 1 heterocycles. The summed E-state index contributed by atoms with van der Waals surface area (Å²) in [6, 6.07) is 11.9. The molecule has 168 valence electrons. The summed E-state index contributed by atoms with van der Waals surface area (Å²) in [6.07, 6.45) is 2.66. The number of hydrogen-bond donors (Lipinski definition) is 0. The third-order valence-electron chi connectivity index (χ3n) is 5.67. The number of carbonyl (C=O) groups is 1. The number of piperidine rings is 1. The highest BCUT2D eigenvalue weighted by Crippen LogP contribution is 2.32. The van der Waals surface area contributed by atoms with Crippen molar-refractivity contribution in [1.82, 2.24) is 9.21 Å². The van der Waals surface area contributed by atoms with E-state index in [0.717, 1.165) is 24.8 Å². The second-order valence-corrected chi connectivity index (χ2v) is 10.1. The van der Waals surface area contributed by atoms with Gasteiger partial charge in [0.15, 0.2) is 0 Å². The monoisotopic (exact) mass is 464 g/mol. The third kappa shape index (κ3) is 5.22. The third-order valence-corrected chi connectivity index (χ3v) is 7.94. The number of sulfonamides is 1. The summed E-state index contributed by atoms with van der Waals surface area (Å²) in [7, 11) is -2.35. The zero-order valence-electron chi connectivity index (χ0n) is 18.2. The van der Waals surface area contributed by atoms with E-state index in [1.54, 1.807) is 23.1 Å².